The molecule has 4 rings (SSSR count). The van der Waals surface area contributed by atoms with Gasteiger partial charge in [0, 0.05) is 18.7 Å². The lowest BCUT2D eigenvalue weighted by atomic mass is 9.86. The fourth-order valence-electron chi connectivity index (χ4n) is 5.43. The Labute approximate surface area is 182 Å². The predicted molar refractivity (Wildman–Crippen MR) is 119 cm³/mol. The Hall–Kier alpha value is -2.21. The summed E-state index contributed by atoms with van der Waals surface area (Å²) in [4.78, 5) is 31.1. The number of thiazole rings is 1. The van der Waals surface area contributed by atoms with E-state index in [1.165, 1.54) is 42.6 Å². The van der Waals surface area contributed by atoms with Gasteiger partial charge in [-0.15, -0.1) is 11.3 Å². The van der Waals surface area contributed by atoms with Crippen molar-refractivity contribution >= 4 is 34.0 Å². The van der Waals surface area contributed by atoms with Crippen LogP contribution in [0.4, 0.5) is 10.8 Å². The summed E-state index contributed by atoms with van der Waals surface area (Å²) < 4.78 is 5.52. The summed E-state index contributed by atoms with van der Waals surface area (Å²) in [5, 5.41) is 2.48. The summed E-state index contributed by atoms with van der Waals surface area (Å²) in [6, 6.07) is 4.15. The summed E-state index contributed by atoms with van der Waals surface area (Å²) in [5.41, 5.74) is 4.81. The molecule has 5 nitrogen and oxygen atoms in total. The van der Waals surface area contributed by atoms with Crippen LogP contribution < -0.4 is 4.90 Å². The number of nitrogens with zero attached hydrogens (tertiary/aromatic N) is 2. The van der Waals surface area contributed by atoms with Crippen LogP contribution in [0, 0.1) is 38.5 Å². The van der Waals surface area contributed by atoms with Crippen LogP contribution in [-0.2, 0) is 20.9 Å². The van der Waals surface area contributed by atoms with Crippen molar-refractivity contribution in [1.29, 1.82) is 0 Å². The Kier molecular flexibility index (Phi) is 5.96. The number of hydrogen-bond donors (Lipinski definition) is 0. The van der Waals surface area contributed by atoms with Crippen LogP contribution in [-0.4, -0.2) is 16.9 Å². The van der Waals surface area contributed by atoms with Gasteiger partial charge in [0.15, 0.2) is 5.13 Å². The highest BCUT2D eigenvalue weighted by atomic mass is 32.1. The minimum absolute atomic E-state index is 0.0840. The number of benzene rings is 1. The zero-order valence-corrected chi connectivity index (χ0v) is 19.1. The number of esters is 1. The first-order valence-electron chi connectivity index (χ1n) is 10.8. The Morgan fingerprint density at radius 3 is 2.50 bits per heavy atom. The second-order valence-electron chi connectivity index (χ2n) is 9.02. The third-order valence-electron chi connectivity index (χ3n) is 6.60. The second-order valence-corrected chi connectivity index (χ2v) is 9.86. The third-order valence-corrected chi connectivity index (χ3v) is 7.47. The van der Waals surface area contributed by atoms with Crippen molar-refractivity contribution in [2.75, 3.05) is 4.90 Å². The van der Waals surface area contributed by atoms with Crippen LogP contribution in [0.5, 0.6) is 0 Å². The summed E-state index contributed by atoms with van der Waals surface area (Å²) in [6.07, 6.45) is 5.62. The summed E-state index contributed by atoms with van der Waals surface area (Å²) >= 11 is 1.40. The van der Waals surface area contributed by atoms with Crippen molar-refractivity contribution in [1.82, 2.24) is 4.98 Å². The molecule has 3 atom stereocenters. The van der Waals surface area contributed by atoms with E-state index in [-0.39, 0.29) is 18.5 Å². The highest BCUT2D eigenvalue weighted by Gasteiger charge is 2.40. The van der Waals surface area contributed by atoms with Gasteiger partial charge in [-0.25, -0.2) is 4.98 Å². The molecule has 0 aliphatic heterocycles. The molecule has 160 valence electrons. The fraction of sp³-hybridized carbons (Fsp3) is 0.542. The number of rotatable bonds is 6. The largest absolute Gasteiger partial charge is 0.459 e. The van der Waals surface area contributed by atoms with Crippen LogP contribution >= 0.6 is 11.3 Å². The molecule has 0 N–H and O–H groups in total. The number of anilines is 2. The molecule has 2 fully saturated rings. The molecule has 1 aromatic heterocycles. The number of aryl methyl sites for hydroxylation is 3. The Morgan fingerprint density at radius 1 is 1.17 bits per heavy atom. The molecule has 6 heteroatoms. The van der Waals surface area contributed by atoms with E-state index in [4.69, 9.17) is 4.74 Å². The van der Waals surface area contributed by atoms with Crippen LogP contribution in [0.1, 0.15) is 61.4 Å². The van der Waals surface area contributed by atoms with Crippen molar-refractivity contribution in [3.8, 4) is 0 Å². The lowest BCUT2D eigenvalue weighted by molar-refractivity contribution is -0.146. The van der Waals surface area contributed by atoms with Crippen LogP contribution in [0.15, 0.2) is 17.5 Å². The molecule has 0 radical (unpaired) electrons. The highest BCUT2D eigenvalue weighted by Crippen LogP contribution is 2.49. The van der Waals surface area contributed by atoms with Crippen LogP contribution in [0.3, 0.4) is 0 Å². The molecule has 2 aromatic rings. The molecular weight excluding hydrogens is 396 g/mol. The Balaban J connectivity index is 1.42. The Morgan fingerprint density at radius 2 is 1.90 bits per heavy atom. The van der Waals surface area contributed by atoms with Crippen LogP contribution in [0.25, 0.3) is 0 Å². The SMILES string of the molecule is CC(=O)N(c1nc(COC(=O)C[C@@H]2C[C@H]3CC[C@@H]2C3)cs1)c1c(C)cc(C)cc1C. The lowest BCUT2D eigenvalue weighted by Gasteiger charge is -2.23. The van der Waals surface area contributed by atoms with Gasteiger partial charge in [-0.1, -0.05) is 24.1 Å². The van der Waals surface area contributed by atoms with Crippen LogP contribution in [0.2, 0.25) is 0 Å². The first-order valence-corrected chi connectivity index (χ1v) is 11.7. The monoisotopic (exact) mass is 426 g/mol. The average molecular weight is 427 g/mol. The highest BCUT2D eigenvalue weighted by molar-refractivity contribution is 7.14. The lowest BCUT2D eigenvalue weighted by Crippen LogP contribution is -2.24. The molecule has 1 heterocycles. The molecular formula is C24H30N2O3S. The molecule has 30 heavy (non-hydrogen) atoms. The number of amides is 1. The molecule has 0 saturated heterocycles. The zero-order chi connectivity index (χ0) is 21.4. The summed E-state index contributed by atoms with van der Waals surface area (Å²) in [6.45, 7) is 7.78. The molecule has 1 amide bonds. The van der Waals surface area contributed by atoms with Crippen molar-refractivity contribution in [2.24, 2.45) is 17.8 Å². The van der Waals surface area contributed by atoms with Crippen molar-refractivity contribution in [3.63, 3.8) is 0 Å². The molecule has 1 aromatic carbocycles. The van der Waals surface area contributed by atoms with Gasteiger partial charge < -0.3 is 4.74 Å². The van der Waals surface area contributed by atoms with Gasteiger partial charge in [-0.05, 0) is 68.9 Å². The molecule has 2 aliphatic carbocycles. The standard InChI is InChI=1S/C24H30N2O3S/c1-14-7-15(2)23(16(3)8-14)26(17(4)27)24-25-21(13-30-24)12-29-22(28)11-20-10-18-5-6-19(20)9-18/h7-8,13,18-20H,5-6,9-12H2,1-4H3/t18-,19+,20-/m0/s1. The normalized spacial score (nSPS) is 22.3. The quantitative estimate of drug-likeness (QED) is 0.562. The maximum absolute atomic E-state index is 12.5. The second kappa shape index (κ2) is 8.50. The molecule has 0 unspecified atom stereocenters. The minimum atomic E-state index is -0.129. The molecule has 2 saturated carbocycles. The van der Waals surface area contributed by atoms with Gasteiger partial charge in [-0.3, -0.25) is 14.5 Å². The van der Waals surface area contributed by atoms with Gasteiger partial charge in [0.1, 0.15) is 6.61 Å². The van der Waals surface area contributed by atoms with Gasteiger partial charge in [0.25, 0.3) is 0 Å². The maximum Gasteiger partial charge on any atom is 0.306 e. The number of aromatic nitrogens is 1. The van der Waals surface area contributed by atoms with Crippen molar-refractivity contribution in [2.45, 2.75) is 66.4 Å². The van der Waals surface area contributed by atoms with E-state index >= 15 is 0 Å². The van der Waals surface area contributed by atoms with E-state index in [0.717, 1.165) is 28.7 Å². The van der Waals surface area contributed by atoms with Crippen molar-refractivity contribution in [3.05, 3.63) is 39.9 Å². The average Bonchev–Trinajstić information content (AvgIpc) is 3.39. The number of carbonyl (C=O) groups is 2. The van der Waals surface area contributed by atoms with Gasteiger partial charge in [0.05, 0.1) is 11.4 Å². The number of hydrogen-bond acceptors (Lipinski definition) is 5. The van der Waals surface area contributed by atoms with E-state index in [2.05, 4.69) is 24.0 Å². The van der Waals surface area contributed by atoms with Gasteiger partial charge in [-0.2, -0.15) is 0 Å². The van der Waals surface area contributed by atoms with Gasteiger partial charge >= 0.3 is 5.97 Å². The molecule has 0 spiro atoms. The zero-order valence-electron chi connectivity index (χ0n) is 18.2. The van der Waals surface area contributed by atoms with E-state index < -0.39 is 0 Å². The first kappa shape index (κ1) is 21.0. The third kappa shape index (κ3) is 4.29. The smallest absolute Gasteiger partial charge is 0.306 e. The molecule has 2 aliphatic rings. The number of carbonyl (C=O) groups excluding carboxylic acids is 2. The fourth-order valence-corrected chi connectivity index (χ4v) is 6.29. The van der Waals surface area contributed by atoms with Gasteiger partial charge in [0.2, 0.25) is 5.91 Å². The topological polar surface area (TPSA) is 59.5 Å². The van der Waals surface area contributed by atoms with Crippen molar-refractivity contribution < 1.29 is 14.3 Å². The first-order chi connectivity index (χ1) is 14.3. The Bertz CT molecular complexity index is 944. The number of fused-ring (bicyclic) bond motifs is 2. The molecule has 2 bridgehead atoms. The van der Waals surface area contributed by atoms with E-state index in [0.29, 0.717) is 23.2 Å². The summed E-state index contributed by atoms with van der Waals surface area (Å²) in [7, 11) is 0. The summed E-state index contributed by atoms with van der Waals surface area (Å²) in [5.74, 6) is 1.84. The predicted octanol–water partition coefficient (Wildman–Crippen LogP) is 5.62. The van der Waals surface area contributed by atoms with E-state index in [9.17, 15) is 9.59 Å². The van der Waals surface area contributed by atoms with E-state index in [1.807, 2.05) is 19.2 Å². The number of ether oxygens (including phenoxy) is 1. The minimum Gasteiger partial charge on any atom is -0.459 e. The van der Waals surface area contributed by atoms with E-state index in [1.54, 1.807) is 11.8 Å². The maximum atomic E-state index is 12.5.